The lowest BCUT2D eigenvalue weighted by Crippen LogP contribution is -2.30. The highest BCUT2D eigenvalue weighted by Gasteiger charge is 2.21. The topological polar surface area (TPSA) is 45.2 Å². The van der Waals surface area contributed by atoms with Gasteiger partial charge in [0, 0.05) is 35.6 Å². The molecule has 1 aromatic carbocycles. The molecule has 148 valence electrons. The molecule has 0 saturated carbocycles. The van der Waals surface area contributed by atoms with E-state index in [0.717, 1.165) is 36.3 Å². The highest BCUT2D eigenvalue weighted by Crippen LogP contribution is 2.32. The van der Waals surface area contributed by atoms with Crippen LogP contribution in [0.15, 0.2) is 17.6 Å². The van der Waals surface area contributed by atoms with E-state index < -0.39 is 0 Å². The van der Waals surface area contributed by atoms with Crippen molar-refractivity contribution in [2.24, 2.45) is 5.41 Å². The van der Waals surface area contributed by atoms with Crippen molar-refractivity contribution < 1.29 is 4.79 Å². The summed E-state index contributed by atoms with van der Waals surface area (Å²) in [5, 5.41) is 3.11. The minimum Gasteiger partial charge on any atom is -0.366 e. The number of hydrogen-bond donors (Lipinski definition) is 1. The van der Waals surface area contributed by atoms with Gasteiger partial charge in [0.1, 0.15) is 0 Å². The van der Waals surface area contributed by atoms with Gasteiger partial charge in [0.05, 0.1) is 17.7 Å². The first-order valence-corrected chi connectivity index (χ1v) is 10.7. The van der Waals surface area contributed by atoms with Gasteiger partial charge in [-0.05, 0) is 42.5 Å². The summed E-state index contributed by atoms with van der Waals surface area (Å²) in [4.78, 5) is 20.5. The molecule has 0 fully saturated rings. The van der Waals surface area contributed by atoms with Gasteiger partial charge in [0.2, 0.25) is 5.91 Å². The Morgan fingerprint density at radius 3 is 2.44 bits per heavy atom. The molecule has 0 bridgehead atoms. The molecular formula is C22H33N3OS. The third-order valence-electron chi connectivity index (χ3n) is 4.52. The molecule has 0 radical (unpaired) electrons. The summed E-state index contributed by atoms with van der Waals surface area (Å²) in [6, 6.07) is 4.37. The molecule has 2 aromatic rings. The fourth-order valence-corrected chi connectivity index (χ4v) is 4.15. The van der Waals surface area contributed by atoms with E-state index >= 15 is 0 Å². The van der Waals surface area contributed by atoms with Crippen molar-refractivity contribution in [3.8, 4) is 0 Å². The average molecular weight is 388 g/mol. The second kappa shape index (κ2) is 8.87. The summed E-state index contributed by atoms with van der Waals surface area (Å²) in [7, 11) is 0. The van der Waals surface area contributed by atoms with Gasteiger partial charge in [-0.15, -0.1) is 11.3 Å². The predicted octanol–water partition coefficient (Wildman–Crippen LogP) is 5.72. The molecule has 1 aliphatic rings. The number of nitrogens with one attached hydrogen (secondary N) is 1. The number of fused-ring (bicyclic) bond motifs is 1. The molecule has 0 unspecified atom stereocenters. The molecule has 0 saturated heterocycles. The second-order valence-electron chi connectivity index (χ2n) is 8.13. The molecule has 1 N–H and O–H groups in total. The first-order chi connectivity index (χ1) is 12.7. The van der Waals surface area contributed by atoms with E-state index in [9.17, 15) is 4.79 Å². The van der Waals surface area contributed by atoms with Crippen molar-refractivity contribution in [3.05, 3.63) is 39.3 Å². The summed E-state index contributed by atoms with van der Waals surface area (Å²) in [5.41, 5.74) is 7.60. The molecule has 0 atom stereocenters. The van der Waals surface area contributed by atoms with Crippen molar-refractivity contribution in [1.29, 1.82) is 0 Å². The van der Waals surface area contributed by atoms with E-state index in [1.165, 1.54) is 16.3 Å². The van der Waals surface area contributed by atoms with Crippen LogP contribution in [-0.4, -0.2) is 17.4 Å². The van der Waals surface area contributed by atoms with E-state index in [1.807, 2.05) is 19.4 Å². The second-order valence-corrected chi connectivity index (χ2v) is 9.07. The Morgan fingerprint density at radius 2 is 1.85 bits per heavy atom. The SMILES string of the molecule is CC.Cc1cc(N2CCc3ncsc3C2)cc(C)c1NC(=O)CC(C)(C)C. The van der Waals surface area contributed by atoms with Crippen LogP contribution in [0.2, 0.25) is 0 Å². The highest BCUT2D eigenvalue weighted by atomic mass is 32.1. The van der Waals surface area contributed by atoms with Crippen molar-refractivity contribution >= 4 is 28.6 Å². The smallest absolute Gasteiger partial charge is 0.224 e. The summed E-state index contributed by atoms with van der Waals surface area (Å²) >= 11 is 1.74. The van der Waals surface area contributed by atoms with Crippen LogP contribution in [-0.2, 0) is 17.8 Å². The largest absolute Gasteiger partial charge is 0.366 e. The fraction of sp³-hybridized carbons (Fsp3) is 0.545. The number of hydrogen-bond acceptors (Lipinski definition) is 4. The zero-order valence-electron chi connectivity index (χ0n) is 17.8. The number of benzene rings is 1. The summed E-state index contributed by atoms with van der Waals surface area (Å²) in [6.45, 7) is 16.3. The zero-order chi connectivity index (χ0) is 20.2. The maximum atomic E-state index is 12.3. The fourth-order valence-electron chi connectivity index (χ4n) is 3.33. The Bertz CT molecular complexity index is 766. The quantitative estimate of drug-likeness (QED) is 0.732. The lowest BCUT2D eigenvalue weighted by Gasteiger charge is -2.29. The molecule has 27 heavy (non-hydrogen) atoms. The Labute approximate surface area is 168 Å². The Morgan fingerprint density at radius 1 is 1.22 bits per heavy atom. The monoisotopic (exact) mass is 387 g/mol. The van der Waals surface area contributed by atoms with E-state index in [0.29, 0.717) is 6.42 Å². The Kier molecular flexibility index (Phi) is 7.04. The molecule has 0 spiro atoms. The van der Waals surface area contributed by atoms with Crippen molar-refractivity contribution in [1.82, 2.24) is 4.98 Å². The normalized spacial score (nSPS) is 13.5. The Balaban J connectivity index is 0.00000126. The third-order valence-corrected chi connectivity index (χ3v) is 5.38. The number of rotatable bonds is 3. The van der Waals surface area contributed by atoms with Crippen LogP contribution in [0, 0.1) is 19.3 Å². The summed E-state index contributed by atoms with van der Waals surface area (Å²) in [6.07, 6.45) is 1.52. The van der Waals surface area contributed by atoms with Crippen molar-refractivity contribution in [3.63, 3.8) is 0 Å². The van der Waals surface area contributed by atoms with E-state index in [-0.39, 0.29) is 11.3 Å². The summed E-state index contributed by atoms with van der Waals surface area (Å²) < 4.78 is 0. The van der Waals surface area contributed by atoms with Gasteiger partial charge < -0.3 is 10.2 Å². The number of carbonyl (C=O) groups is 1. The first kappa shape index (κ1) is 21.4. The average Bonchev–Trinajstić information content (AvgIpc) is 3.06. The molecule has 1 aliphatic heterocycles. The van der Waals surface area contributed by atoms with Crippen LogP contribution in [0.3, 0.4) is 0 Å². The minimum atomic E-state index is -0.00785. The number of carbonyl (C=O) groups excluding carboxylic acids is 1. The van der Waals surface area contributed by atoms with E-state index in [4.69, 9.17) is 0 Å². The number of thiazole rings is 1. The maximum absolute atomic E-state index is 12.3. The molecule has 2 heterocycles. The number of nitrogens with zero attached hydrogens (tertiary/aromatic N) is 2. The maximum Gasteiger partial charge on any atom is 0.224 e. The van der Waals surface area contributed by atoms with Gasteiger partial charge in [-0.25, -0.2) is 4.98 Å². The standard InChI is InChI=1S/C20H27N3OS.C2H6/c1-13-8-15(23-7-6-16-17(11-23)25-12-21-16)9-14(2)19(13)22-18(24)10-20(3,4)5;1-2/h8-9,12H,6-7,10-11H2,1-5H3,(H,22,24);1-2H3. The van der Waals surface area contributed by atoms with E-state index in [2.05, 4.69) is 62.0 Å². The third kappa shape index (κ3) is 5.55. The first-order valence-electron chi connectivity index (χ1n) is 9.80. The molecule has 3 rings (SSSR count). The van der Waals surface area contributed by atoms with E-state index in [1.54, 1.807) is 11.3 Å². The van der Waals surface area contributed by atoms with Gasteiger partial charge in [0.15, 0.2) is 0 Å². The predicted molar refractivity (Wildman–Crippen MR) is 117 cm³/mol. The molecule has 4 nitrogen and oxygen atoms in total. The number of anilines is 2. The summed E-state index contributed by atoms with van der Waals surface area (Å²) in [5.74, 6) is 0.0822. The lowest BCUT2D eigenvalue weighted by molar-refractivity contribution is -0.117. The van der Waals surface area contributed by atoms with Crippen molar-refractivity contribution in [2.45, 2.75) is 67.9 Å². The molecule has 1 amide bonds. The van der Waals surface area contributed by atoms with Gasteiger partial charge in [-0.2, -0.15) is 0 Å². The molecular weight excluding hydrogens is 354 g/mol. The van der Waals surface area contributed by atoms with Crippen LogP contribution in [0.5, 0.6) is 0 Å². The van der Waals surface area contributed by atoms with Crippen molar-refractivity contribution in [2.75, 3.05) is 16.8 Å². The van der Waals surface area contributed by atoms with Crippen LogP contribution in [0.1, 0.15) is 62.7 Å². The highest BCUT2D eigenvalue weighted by molar-refractivity contribution is 7.09. The van der Waals surface area contributed by atoms with Crippen LogP contribution in [0.4, 0.5) is 11.4 Å². The number of aromatic nitrogens is 1. The van der Waals surface area contributed by atoms with Crippen LogP contribution in [0.25, 0.3) is 0 Å². The Hall–Kier alpha value is -1.88. The van der Waals surface area contributed by atoms with Crippen LogP contribution < -0.4 is 10.2 Å². The van der Waals surface area contributed by atoms with Gasteiger partial charge in [0.25, 0.3) is 0 Å². The van der Waals surface area contributed by atoms with Gasteiger partial charge in [-0.3, -0.25) is 4.79 Å². The molecule has 5 heteroatoms. The lowest BCUT2D eigenvalue weighted by atomic mass is 9.92. The zero-order valence-corrected chi connectivity index (χ0v) is 18.6. The minimum absolute atomic E-state index is 0.00785. The van der Waals surface area contributed by atoms with Crippen LogP contribution >= 0.6 is 11.3 Å². The number of amides is 1. The molecule has 1 aromatic heterocycles. The van der Waals surface area contributed by atoms with Gasteiger partial charge >= 0.3 is 0 Å². The van der Waals surface area contributed by atoms with Gasteiger partial charge in [-0.1, -0.05) is 34.6 Å². The number of aryl methyl sites for hydroxylation is 2. The molecule has 0 aliphatic carbocycles.